The summed E-state index contributed by atoms with van der Waals surface area (Å²) in [6, 6.07) is 0. The van der Waals surface area contributed by atoms with Crippen LogP contribution in [0.25, 0.3) is 0 Å². The smallest absolute Gasteiger partial charge is 2.00 e. The summed E-state index contributed by atoms with van der Waals surface area (Å²) in [4.78, 5) is 0. The van der Waals surface area contributed by atoms with Crippen LogP contribution < -0.4 is 12.4 Å². The number of halogens is 1. The molecular weight excluding hydrogens is 318 g/mol. The maximum Gasteiger partial charge on any atom is 4.00 e. The molecule has 0 rings (SSSR count). The van der Waals surface area contributed by atoms with Crippen LogP contribution in [0.1, 0.15) is 0 Å². The first kappa shape index (κ1) is 36.2. The zero-order chi connectivity index (χ0) is 9.00. The van der Waals surface area contributed by atoms with Crippen LogP contribution >= 0.6 is 0 Å². The van der Waals surface area contributed by atoms with Crippen molar-refractivity contribution in [3.05, 3.63) is 0 Å². The van der Waals surface area contributed by atoms with Gasteiger partial charge in [-0.2, -0.15) is 0 Å². The Bertz CT molecular complexity index is 219. The maximum atomic E-state index is 8.52. The SMILES string of the molecule is O=S(=O)([O-])[O-].O=S(=O)([O-])[O-].[Al+3].[Cl-].[O-2].[Ti+4]. The van der Waals surface area contributed by atoms with Crippen molar-refractivity contribution in [2.75, 3.05) is 0 Å². The van der Waals surface area contributed by atoms with Crippen molar-refractivity contribution in [2.24, 2.45) is 0 Å². The van der Waals surface area contributed by atoms with E-state index in [1.54, 1.807) is 0 Å². The van der Waals surface area contributed by atoms with Crippen molar-refractivity contribution in [3.8, 4) is 0 Å². The van der Waals surface area contributed by atoms with Crippen LogP contribution in [0.4, 0.5) is 0 Å². The van der Waals surface area contributed by atoms with Crippen molar-refractivity contribution in [1.82, 2.24) is 0 Å². The molecule has 0 aromatic carbocycles. The Labute approximate surface area is 112 Å². The molecule has 0 amide bonds. The topological polar surface area (TPSA) is 189 Å². The molecule has 0 radical (unpaired) electrons. The van der Waals surface area contributed by atoms with Gasteiger partial charge in [0.15, 0.2) is 0 Å². The van der Waals surface area contributed by atoms with Crippen LogP contribution in [-0.4, -0.2) is 52.4 Å². The molecule has 80 valence electrons. The Morgan fingerprint density at radius 2 is 0.714 bits per heavy atom. The zero-order valence-electron chi connectivity index (χ0n) is 5.95. The molecule has 0 aromatic rings. The molecule has 0 aliphatic carbocycles. The van der Waals surface area contributed by atoms with Gasteiger partial charge < -0.3 is 36.1 Å². The van der Waals surface area contributed by atoms with Crippen LogP contribution in [0, 0.1) is 0 Å². The van der Waals surface area contributed by atoms with Gasteiger partial charge in [0.1, 0.15) is 0 Å². The van der Waals surface area contributed by atoms with Gasteiger partial charge in [-0.15, -0.1) is 0 Å². The Morgan fingerprint density at radius 1 is 0.714 bits per heavy atom. The molecule has 0 fully saturated rings. The second-order valence-corrected chi connectivity index (χ2v) is 2.45. The summed E-state index contributed by atoms with van der Waals surface area (Å²) in [5, 5.41) is 0. The van der Waals surface area contributed by atoms with Crippen LogP contribution in [0.15, 0.2) is 0 Å². The zero-order valence-corrected chi connectivity index (χ0v) is 11.1. The number of hydrogen-bond donors (Lipinski definition) is 0. The molecule has 9 nitrogen and oxygen atoms in total. The first-order valence-corrected chi connectivity index (χ1v) is 4.00. The van der Waals surface area contributed by atoms with Crippen molar-refractivity contribution >= 4 is 38.2 Å². The summed E-state index contributed by atoms with van der Waals surface area (Å²) in [5.41, 5.74) is 0. The number of hydrogen-bond acceptors (Lipinski definition) is 8. The number of rotatable bonds is 0. The van der Waals surface area contributed by atoms with E-state index in [-0.39, 0.29) is 57.0 Å². The quantitative estimate of drug-likeness (QED) is 0.239. The van der Waals surface area contributed by atoms with E-state index in [1.165, 1.54) is 0 Å². The van der Waals surface area contributed by atoms with E-state index in [2.05, 4.69) is 0 Å². The van der Waals surface area contributed by atoms with E-state index in [0.717, 1.165) is 0 Å². The van der Waals surface area contributed by atoms with Crippen molar-refractivity contribution in [2.45, 2.75) is 0 Å². The van der Waals surface area contributed by atoms with Gasteiger partial charge in [0.2, 0.25) is 0 Å². The Morgan fingerprint density at radius 3 is 0.714 bits per heavy atom. The van der Waals surface area contributed by atoms with E-state index < -0.39 is 20.8 Å². The minimum absolute atomic E-state index is 0. The summed E-state index contributed by atoms with van der Waals surface area (Å²) in [5.74, 6) is 0. The van der Waals surface area contributed by atoms with E-state index in [9.17, 15) is 0 Å². The van der Waals surface area contributed by atoms with Crippen LogP contribution in [-0.2, 0) is 48.0 Å². The minimum atomic E-state index is -5.17. The van der Waals surface area contributed by atoms with E-state index in [4.69, 9.17) is 35.0 Å². The molecule has 0 heterocycles. The third-order valence-corrected chi connectivity index (χ3v) is 0. The predicted octanol–water partition coefficient (Wildman–Crippen LogP) is -6.17. The average Bonchev–Trinajstić information content (AvgIpc) is 1.12. The molecule has 0 aromatic heterocycles. The minimum Gasteiger partial charge on any atom is -2.00 e. The van der Waals surface area contributed by atoms with E-state index in [0.29, 0.717) is 0 Å². The van der Waals surface area contributed by atoms with Gasteiger partial charge in [-0.25, -0.2) is 0 Å². The molecule has 0 unspecified atom stereocenters. The van der Waals surface area contributed by atoms with Crippen LogP contribution in [0.3, 0.4) is 0 Å². The molecular formula is AlClO9S2Ti. The van der Waals surface area contributed by atoms with Crippen molar-refractivity contribution < 1.29 is 74.6 Å². The van der Waals surface area contributed by atoms with Gasteiger partial charge in [-0.3, -0.25) is 16.8 Å². The summed E-state index contributed by atoms with van der Waals surface area (Å²) in [7, 11) is -10.3. The van der Waals surface area contributed by atoms with Crippen LogP contribution in [0.5, 0.6) is 0 Å². The largest absolute Gasteiger partial charge is 4.00 e. The normalized spacial score (nSPS) is 8.29. The van der Waals surface area contributed by atoms with Crippen molar-refractivity contribution in [1.29, 1.82) is 0 Å². The molecule has 0 spiro atoms. The summed E-state index contributed by atoms with van der Waals surface area (Å²) in [6.45, 7) is 0. The molecule has 14 heavy (non-hydrogen) atoms. The molecule has 0 aliphatic rings. The molecule has 14 heteroatoms. The van der Waals surface area contributed by atoms with Crippen LogP contribution in [0.2, 0.25) is 0 Å². The Kier molecular flexibility index (Phi) is 36.8. The molecule has 0 aliphatic heterocycles. The second-order valence-electron chi connectivity index (χ2n) is 0.816. The third kappa shape index (κ3) is 1300. The van der Waals surface area contributed by atoms with E-state index >= 15 is 0 Å². The molecule has 0 saturated carbocycles. The molecule has 0 bridgehead atoms. The predicted molar refractivity (Wildman–Crippen MR) is 27.4 cm³/mol. The first-order chi connectivity index (χ1) is 4.00. The average molecular weight is 318 g/mol. The van der Waals surface area contributed by atoms with Gasteiger partial charge in [-0.05, 0) is 0 Å². The van der Waals surface area contributed by atoms with Crippen molar-refractivity contribution in [3.63, 3.8) is 0 Å². The van der Waals surface area contributed by atoms with Gasteiger partial charge in [0.25, 0.3) is 0 Å². The Balaban J connectivity index is -0.0000000178. The summed E-state index contributed by atoms with van der Waals surface area (Å²) < 4.78 is 68.2. The van der Waals surface area contributed by atoms with Gasteiger partial charge in [0, 0.05) is 20.8 Å². The molecule has 0 N–H and O–H groups in total. The van der Waals surface area contributed by atoms with Gasteiger partial charge >= 0.3 is 39.1 Å². The summed E-state index contributed by atoms with van der Waals surface area (Å²) >= 11 is 0. The van der Waals surface area contributed by atoms with Gasteiger partial charge in [0.05, 0.1) is 0 Å². The maximum absolute atomic E-state index is 8.52. The fourth-order valence-corrected chi connectivity index (χ4v) is 0. The monoisotopic (exact) mass is 318 g/mol. The fourth-order valence-electron chi connectivity index (χ4n) is 0. The summed E-state index contributed by atoms with van der Waals surface area (Å²) in [6.07, 6.45) is 0. The fraction of sp³-hybridized carbons (Fsp3) is 0. The van der Waals surface area contributed by atoms with Gasteiger partial charge in [-0.1, -0.05) is 0 Å². The standard InChI is InChI=1S/Al.ClH.2H2O4S.O.Ti/c;;2*1-5(2,3)4;;/h;1H;2*(H2,1,2,3,4);;/q+3;;;;-2;+4/p-5. The first-order valence-electron chi connectivity index (χ1n) is 1.33. The molecule has 0 atom stereocenters. The third-order valence-electron chi connectivity index (χ3n) is 0. The molecule has 0 saturated heterocycles. The van der Waals surface area contributed by atoms with E-state index in [1.807, 2.05) is 0 Å². The Hall–Kier alpha value is 1.24. The second kappa shape index (κ2) is 14.2.